The molecule has 0 bridgehead atoms. The minimum atomic E-state index is -2.94. The summed E-state index contributed by atoms with van der Waals surface area (Å²) in [5.41, 5.74) is -1.61. The second-order valence-electron chi connectivity index (χ2n) is 2.77. The Morgan fingerprint density at radius 2 is 2.31 bits per heavy atom. The predicted molar refractivity (Wildman–Crippen MR) is 50.4 cm³/mol. The van der Waals surface area contributed by atoms with Gasteiger partial charge < -0.3 is 5.11 Å². The predicted octanol–water partition coefficient (Wildman–Crippen LogP) is 2.33. The fourth-order valence-corrected chi connectivity index (χ4v) is 1.39. The number of pyridine rings is 1. The highest BCUT2D eigenvalue weighted by Crippen LogP contribution is 2.23. The van der Waals surface area contributed by atoms with Gasteiger partial charge in [-0.3, -0.25) is 0 Å². The molecule has 16 heavy (non-hydrogen) atoms. The topological polar surface area (TPSA) is 74.0 Å². The van der Waals surface area contributed by atoms with Gasteiger partial charge in [-0.15, -0.1) is 11.6 Å². The third-order valence-electron chi connectivity index (χ3n) is 1.84. The number of hydrogen-bond acceptors (Lipinski definition) is 3. The minimum absolute atomic E-state index is 0.0546. The molecule has 0 aromatic carbocycles. The van der Waals surface area contributed by atoms with Crippen molar-refractivity contribution in [1.29, 1.82) is 5.26 Å². The van der Waals surface area contributed by atoms with Gasteiger partial charge in [0.25, 0.3) is 6.43 Å². The summed E-state index contributed by atoms with van der Waals surface area (Å²) in [5.74, 6) is -1.70. The molecular weight excluding hydrogens is 242 g/mol. The van der Waals surface area contributed by atoms with Crippen molar-refractivity contribution >= 4 is 17.6 Å². The molecule has 1 N–H and O–H groups in total. The van der Waals surface area contributed by atoms with Gasteiger partial charge in [-0.2, -0.15) is 5.26 Å². The molecule has 0 aliphatic heterocycles. The number of carbonyl (C=O) groups is 1. The van der Waals surface area contributed by atoms with E-state index in [2.05, 4.69) is 4.98 Å². The Balaban J connectivity index is 3.51. The normalized spacial score (nSPS) is 10.2. The summed E-state index contributed by atoms with van der Waals surface area (Å²) in [6.45, 7) is 0. The van der Waals surface area contributed by atoms with E-state index in [0.29, 0.717) is 0 Å². The molecule has 0 aliphatic rings. The highest BCUT2D eigenvalue weighted by molar-refractivity contribution is 6.17. The molecule has 0 saturated carbocycles. The lowest BCUT2D eigenvalue weighted by Crippen LogP contribution is -2.08. The van der Waals surface area contributed by atoms with E-state index in [4.69, 9.17) is 22.0 Å². The summed E-state index contributed by atoms with van der Waals surface area (Å²) < 4.78 is 24.7. The summed E-state index contributed by atoms with van der Waals surface area (Å²) in [5, 5.41) is 17.4. The number of alkyl halides is 3. The van der Waals surface area contributed by atoms with Crippen LogP contribution in [0, 0.1) is 11.3 Å². The molecule has 7 heteroatoms. The van der Waals surface area contributed by atoms with Gasteiger partial charge in [-0.05, 0) is 6.07 Å². The van der Waals surface area contributed by atoms with Crippen LogP contribution in [0.3, 0.4) is 0 Å². The Bertz CT molecular complexity index is 471. The van der Waals surface area contributed by atoms with Gasteiger partial charge in [0.2, 0.25) is 0 Å². The summed E-state index contributed by atoms with van der Waals surface area (Å²) in [6, 6.07) is 2.27. The number of halogens is 3. The van der Waals surface area contributed by atoms with Crippen LogP contribution in [-0.2, 0) is 5.88 Å². The largest absolute Gasteiger partial charge is 0.478 e. The molecule has 0 fully saturated rings. The molecule has 1 rings (SSSR count). The lowest BCUT2D eigenvalue weighted by Gasteiger charge is -2.07. The number of nitrogens with zero attached hydrogens (tertiary/aromatic N) is 2. The summed E-state index contributed by atoms with van der Waals surface area (Å²) in [6.07, 6.45) is -2.94. The van der Waals surface area contributed by atoms with Crippen LogP contribution < -0.4 is 0 Å². The molecule has 0 spiro atoms. The van der Waals surface area contributed by atoms with Crippen molar-refractivity contribution < 1.29 is 18.7 Å². The Kier molecular flexibility index (Phi) is 3.74. The summed E-state index contributed by atoms with van der Waals surface area (Å²) in [7, 11) is 0. The SMILES string of the molecule is N#Cc1nc(C(F)F)cc(C(=O)O)c1CCl. The zero-order chi connectivity index (χ0) is 12.3. The highest BCUT2D eigenvalue weighted by Gasteiger charge is 2.20. The van der Waals surface area contributed by atoms with Gasteiger partial charge >= 0.3 is 5.97 Å². The second-order valence-corrected chi connectivity index (χ2v) is 3.04. The maximum absolute atomic E-state index is 12.4. The van der Waals surface area contributed by atoms with Crippen LogP contribution in [0.25, 0.3) is 0 Å². The van der Waals surface area contributed by atoms with Crippen LogP contribution in [0.1, 0.15) is 33.7 Å². The molecule has 0 aliphatic carbocycles. The van der Waals surface area contributed by atoms with Crippen LogP contribution in [0.15, 0.2) is 6.07 Å². The molecule has 0 atom stereocenters. The first-order chi connectivity index (χ1) is 7.51. The number of hydrogen-bond donors (Lipinski definition) is 1. The molecule has 4 nitrogen and oxygen atoms in total. The molecule has 1 aromatic heterocycles. The van der Waals surface area contributed by atoms with Crippen molar-refractivity contribution in [1.82, 2.24) is 4.98 Å². The first kappa shape index (κ1) is 12.3. The molecule has 1 heterocycles. The van der Waals surface area contributed by atoms with Crippen LogP contribution >= 0.6 is 11.6 Å². The van der Waals surface area contributed by atoms with Crippen molar-refractivity contribution in [3.63, 3.8) is 0 Å². The van der Waals surface area contributed by atoms with Gasteiger partial charge in [0.05, 0.1) is 11.4 Å². The van der Waals surface area contributed by atoms with E-state index in [9.17, 15) is 13.6 Å². The highest BCUT2D eigenvalue weighted by atomic mass is 35.5. The van der Waals surface area contributed by atoms with Crippen molar-refractivity contribution in [2.45, 2.75) is 12.3 Å². The lowest BCUT2D eigenvalue weighted by molar-refractivity contribution is 0.0695. The van der Waals surface area contributed by atoms with Crippen LogP contribution in [0.2, 0.25) is 0 Å². The van der Waals surface area contributed by atoms with Crippen molar-refractivity contribution in [2.24, 2.45) is 0 Å². The average molecular weight is 247 g/mol. The smallest absolute Gasteiger partial charge is 0.336 e. The van der Waals surface area contributed by atoms with Crippen molar-refractivity contribution in [3.8, 4) is 6.07 Å². The van der Waals surface area contributed by atoms with Gasteiger partial charge in [0, 0.05) is 5.56 Å². The number of aromatic nitrogens is 1. The average Bonchev–Trinajstić information content (AvgIpc) is 2.26. The molecule has 1 aromatic rings. The molecule has 0 saturated heterocycles. The molecule has 0 unspecified atom stereocenters. The fourth-order valence-electron chi connectivity index (χ4n) is 1.12. The van der Waals surface area contributed by atoms with E-state index >= 15 is 0 Å². The zero-order valence-corrected chi connectivity index (χ0v) is 8.50. The van der Waals surface area contributed by atoms with Gasteiger partial charge in [-0.25, -0.2) is 18.6 Å². The van der Waals surface area contributed by atoms with E-state index in [1.807, 2.05) is 0 Å². The Labute approximate surface area is 94.1 Å². The fraction of sp³-hybridized carbons (Fsp3) is 0.222. The van der Waals surface area contributed by atoms with Gasteiger partial charge in [-0.1, -0.05) is 0 Å². The van der Waals surface area contributed by atoms with Gasteiger partial charge in [0.1, 0.15) is 17.5 Å². The summed E-state index contributed by atoms with van der Waals surface area (Å²) >= 11 is 5.45. The Hall–Kier alpha value is -1.74. The maximum atomic E-state index is 12.4. The van der Waals surface area contributed by atoms with E-state index < -0.39 is 23.7 Å². The first-order valence-electron chi connectivity index (χ1n) is 4.02. The second kappa shape index (κ2) is 4.86. The summed E-state index contributed by atoms with van der Waals surface area (Å²) in [4.78, 5) is 14.1. The van der Waals surface area contributed by atoms with Crippen molar-refractivity contribution in [2.75, 3.05) is 0 Å². The van der Waals surface area contributed by atoms with E-state index in [-0.39, 0.29) is 17.1 Å². The molecule has 0 radical (unpaired) electrons. The van der Waals surface area contributed by atoms with Crippen LogP contribution in [0.4, 0.5) is 8.78 Å². The van der Waals surface area contributed by atoms with Gasteiger partial charge in [0.15, 0.2) is 0 Å². The minimum Gasteiger partial charge on any atom is -0.478 e. The van der Waals surface area contributed by atoms with E-state index in [1.54, 1.807) is 6.07 Å². The number of carboxylic acid groups (broad SMARTS) is 1. The maximum Gasteiger partial charge on any atom is 0.336 e. The van der Waals surface area contributed by atoms with Crippen molar-refractivity contribution in [3.05, 3.63) is 28.6 Å². The number of aromatic carboxylic acids is 1. The monoisotopic (exact) mass is 246 g/mol. The lowest BCUT2D eigenvalue weighted by atomic mass is 10.1. The first-order valence-corrected chi connectivity index (χ1v) is 4.56. The standard InChI is InChI=1S/C9H5ClF2N2O2/c10-2-5-4(9(15)16)1-6(8(11)12)14-7(5)3-13/h1,8H,2H2,(H,15,16). The van der Waals surface area contributed by atoms with Crippen LogP contribution in [-0.4, -0.2) is 16.1 Å². The molecule has 84 valence electrons. The number of rotatable bonds is 3. The third-order valence-corrected chi connectivity index (χ3v) is 2.10. The Morgan fingerprint density at radius 3 is 2.69 bits per heavy atom. The number of carboxylic acids is 1. The van der Waals surface area contributed by atoms with Crippen LogP contribution in [0.5, 0.6) is 0 Å². The third kappa shape index (κ3) is 2.25. The van der Waals surface area contributed by atoms with E-state index in [0.717, 1.165) is 6.07 Å². The zero-order valence-electron chi connectivity index (χ0n) is 7.75. The number of nitriles is 1. The Morgan fingerprint density at radius 1 is 1.69 bits per heavy atom. The molecular formula is C9H5ClF2N2O2. The van der Waals surface area contributed by atoms with E-state index in [1.165, 1.54) is 0 Å². The molecule has 0 amide bonds. The quantitative estimate of drug-likeness (QED) is 0.831.